The van der Waals surface area contributed by atoms with Gasteiger partial charge in [0.15, 0.2) is 0 Å². The summed E-state index contributed by atoms with van der Waals surface area (Å²) in [4.78, 5) is 13.6. The van der Waals surface area contributed by atoms with E-state index in [-0.39, 0.29) is 11.5 Å². The summed E-state index contributed by atoms with van der Waals surface area (Å²) < 4.78 is 4.82. The van der Waals surface area contributed by atoms with Crippen LogP contribution in [0.15, 0.2) is 11.6 Å². The number of hydrogen-bond acceptors (Lipinski definition) is 4. The minimum Gasteiger partial charge on any atom is -0.462 e. The lowest BCUT2D eigenvalue weighted by Crippen LogP contribution is -2.31. The highest BCUT2D eigenvalue weighted by Gasteiger charge is 2.18. The Balaban J connectivity index is 2.64. The first kappa shape index (κ1) is 12.7. The summed E-state index contributed by atoms with van der Waals surface area (Å²) in [6, 6.07) is 1.92. The Morgan fingerprint density at radius 3 is 3.00 bits per heavy atom. The van der Waals surface area contributed by atoms with Gasteiger partial charge in [-0.25, -0.2) is 4.79 Å². The van der Waals surface area contributed by atoms with Crippen LogP contribution in [0, 0.1) is 17.2 Å². The third-order valence-electron chi connectivity index (χ3n) is 2.68. The zero-order valence-electron chi connectivity index (χ0n) is 9.90. The van der Waals surface area contributed by atoms with E-state index in [0.29, 0.717) is 6.61 Å². The molecule has 1 rings (SSSR count). The Bertz CT molecular complexity index is 317. The molecule has 1 fully saturated rings. The Kier molecular flexibility index (Phi) is 5.00. The van der Waals surface area contributed by atoms with Gasteiger partial charge in [0.1, 0.15) is 11.6 Å². The van der Waals surface area contributed by atoms with Crippen LogP contribution < -0.4 is 0 Å². The molecule has 1 atom stereocenters. The lowest BCUT2D eigenvalue weighted by molar-refractivity contribution is -0.138. The van der Waals surface area contributed by atoms with Crippen LogP contribution in [0.5, 0.6) is 0 Å². The van der Waals surface area contributed by atoms with Crippen LogP contribution in [0.25, 0.3) is 0 Å². The SMILES string of the molecule is CCOC(=O)C(C#N)=CC1CCCN(C)C1. The molecule has 0 saturated carbocycles. The fraction of sp³-hybridized carbons (Fsp3) is 0.667. The first-order chi connectivity index (χ1) is 7.67. The van der Waals surface area contributed by atoms with Gasteiger partial charge in [-0.2, -0.15) is 5.26 Å². The average molecular weight is 222 g/mol. The van der Waals surface area contributed by atoms with Crippen molar-refractivity contribution in [2.45, 2.75) is 19.8 Å². The van der Waals surface area contributed by atoms with Gasteiger partial charge < -0.3 is 9.64 Å². The summed E-state index contributed by atoms with van der Waals surface area (Å²) in [6.07, 6.45) is 3.90. The minimum atomic E-state index is -0.502. The first-order valence-corrected chi connectivity index (χ1v) is 5.65. The number of carbonyl (C=O) groups is 1. The molecule has 0 bridgehead atoms. The van der Waals surface area contributed by atoms with Crippen molar-refractivity contribution in [1.82, 2.24) is 4.90 Å². The van der Waals surface area contributed by atoms with Crippen LogP contribution in [0.3, 0.4) is 0 Å². The van der Waals surface area contributed by atoms with E-state index in [1.165, 1.54) is 0 Å². The Labute approximate surface area is 96.5 Å². The number of likely N-dealkylation sites (tertiary alicyclic amines) is 1. The molecule has 0 N–H and O–H groups in total. The van der Waals surface area contributed by atoms with Gasteiger partial charge in [-0.1, -0.05) is 6.08 Å². The maximum atomic E-state index is 11.4. The fourth-order valence-corrected chi connectivity index (χ4v) is 1.94. The molecule has 0 aromatic heterocycles. The molecular weight excluding hydrogens is 204 g/mol. The van der Waals surface area contributed by atoms with Gasteiger partial charge in [0.25, 0.3) is 0 Å². The number of carbonyl (C=O) groups excluding carboxylic acids is 1. The molecule has 16 heavy (non-hydrogen) atoms. The molecule has 88 valence electrons. The maximum absolute atomic E-state index is 11.4. The summed E-state index contributed by atoms with van der Waals surface area (Å²) in [6.45, 7) is 4.04. The van der Waals surface area contributed by atoms with Crippen molar-refractivity contribution in [3.63, 3.8) is 0 Å². The number of nitriles is 1. The highest BCUT2D eigenvalue weighted by molar-refractivity contribution is 5.92. The Hall–Kier alpha value is -1.34. The van der Waals surface area contributed by atoms with Crippen molar-refractivity contribution in [2.75, 3.05) is 26.7 Å². The third-order valence-corrected chi connectivity index (χ3v) is 2.68. The predicted molar refractivity (Wildman–Crippen MR) is 60.6 cm³/mol. The summed E-state index contributed by atoms with van der Waals surface area (Å²) in [5, 5.41) is 8.89. The van der Waals surface area contributed by atoms with Crippen LogP contribution in [0.4, 0.5) is 0 Å². The van der Waals surface area contributed by atoms with Crippen molar-refractivity contribution in [3.05, 3.63) is 11.6 Å². The predicted octanol–water partition coefficient (Wildman–Crippen LogP) is 1.34. The molecular formula is C12H18N2O2. The van der Waals surface area contributed by atoms with Crippen LogP contribution in [0.1, 0.15) is 19.8 Å². The van der Waals surface area contributed by atoms with E-state index in [1.54, 1.807) is 13.0 Å². The van der Waals surface area contributed by atoms with Crippen molar-refractivity contribution in [1.29, 1.82) is 5.26 Å². The first-order valence-electron chi connectivity index (χ1n) is 5.65. The molecule has 1 saturated heterocycles. The van der Waals surface area contributed by atoms with Gasteiger partial charge in [-0.15, -0.1) is 0 Å². The second-order valence-electron chi connectivity index (χ2n) is 4.08. The molecule has 0 aromatic carbocycles. The van der Waals surface area contributed by atoms with Crippen molar-refractivity contribution < 1.29 is 9.53 Å². The van der Waals surface area contributed by atoms with E-state index < -0.39 is 5.97 Å². The fourth-order valence-electron chi connectivity index (χ4n) is 1.94. The molecule has 1 aliphatic heterocycles. The summed E-state index contributed by atoms with van der Waals surface area (Å²) in [7, 11) is 2.05. The number of ether oxygens (including phenoxy) is 1. The smallest absolute Gasteiger partial charge is 0.348 e. The molecule has 1 aliphatic rings. The zero-order chi connectivity index (χ0) is 12.0. The van der Waals surface area contributed by atoms with Crippen LogP contribution in [0.2, 0.25) is 0 Å². The summed E-state index contributed by atoms with van der Waals surface area (Å²) >= 11 is 0. The van der Waals surface area contributed by atoms with Crippen molar-refractivity contribution >= 4 is 5.97 Å². The van der Waals surface area contributed by atoms with E-state index in [1.807, 2.05) is 6.07 Å². The highest BCUT2D eigenvalue weighted by atomic mass is 16.5. The molecule has 1 heterocycles. The van der Waals surface area contributed by atoms with E-state index >= 15 is 0 Å². The second kappa shape index (κ2) is 6.29. The van der Waals surface area contributed by atoms with Crippen molar-refractivity contribution in [3.8, 4) is 6.07 Å². The van der Waals surface area contributed by atoms with Gasteiger partial charge in [0.05, 0.1) is 6.61 Å². The van der Waals surface area contributed by atoms with Crippen LogP contribution in [-0.4, -0.2) is 37.6 Å². The van der Waals surface area contributed by atoms with E-state index in [2.05, 4.69) is 11.9 Å². The largest absolute Gasteiger partial charge is 0.462 e. The highest BCUT2D eigenvalue weighted by Crippen LogP contribution is 2.18. The maximum Gasteiger partial charge on any atom is 0.348 e. The molecule has 0 amide bonds. The summed E-state index contributed by atoms with van der Waals surface area (Å²) in [5.41, 5.74) is 0.141. The number of nitrogens with zero attached hydrogens (tertiary/aromatic N) is 2. The number of esters is 1. The van der Waals surface area contributed by atoms with E-state index in [4.69, 9.17) is 10.00 Å². The van der Waals surface area contributed by atoms with Crippen LogP contribution in [-0.2, 0) is 9.53 Å². The summed E-state index contributed by atoms with van der Waals surface area (Å²) in [5.74, 6) is -0.212. The molecule has 4 nitrogen and oxygen atoms in total. The van der Waals surface area contributed by atoms with Crippen molar-refractivity contribution in [2.24, 2.45) is 5.92 Å². The quantitative estimate of drug-likeness (QED) is 0.411. The Morgan fingerprint density at radius 1 is 1.69 bits per heavy atom. The van der Waals surface area contributed by atoms with Gasteiger partial charge in [-0.05, 0) is 39.3 Å². The van der Waals surface area contributed by atoms with Gasteiger partial charge in [0.2, 0.25) is 0 Å². The monoisotopic (exact) mass is 222 g/mol. The average Bonchev–Trinajstić information content (AvgIpc) is 2.26. The van der Waals surface area contributed by atoms with E-state index in [9.17, 15) is 4.79 Å². The zero-order valence-corrected chi connectivity index (χ0v) is 9.90. The minimum absolute atomic E-state index is 0.141. The Morgan fingerprint density at radius 2 is 2.44 bits per heavy atom. The third kappa shape index (κ3) is 3.67. The molecule has 4 heteroatoms. The normalized spacial score (nSPS) is 22.6. The standard InChI is InChI=1S/C12H18N2O2/c1-3-16-12(15)11(8-13)7-10-5-4-6-14(2)9-10/h7,10H,3-6,9H2,1-2H3. The van der Waals surface area contributed by atoms with Crippen LogP contribution >= 0.6 is 0 Å². The molecule has 0 radical (unpaired) electrons. The number of piperidine rings is 1. The van der Waals surface area contributed by atoms with Gasteiger partial charge in [-0.3, -0.25) is 0 Å². The molecule has 0 spiro atoms. The number of hydrogen-bond donors (Lipinski definition) is 0. The van der Waals surface area contributed by atoms with E-state index in [0.717, 1.165) is 25.9 Å². The molecule has 0 aromatic rings. The molecule has 0 aliphatic carbocycles. The lowest BCUT2D eigenvalue weighted by atomic mass is 9.96. The second-order valence-corrected chi connectivity index (χ2v) is 4.08. The number of rotatable bonds is 3. The van der Waals surface area contributed by atoms with Gasteiger partial charge in [0, 0.05) is 6.54 Å². The topological polar surface area (TPSA) is 53.3 Å². The lowest BCUT2D eigenvalue weighted by Gasteiger charge is -2.27. The van der Waals surface area contributed by atoms with Gasteiger partial charge >= 0.3 is 5.97 Å². The molecule has 1 unspecified atom stereocenters.